The molecule has 0 aliphatic heterocycles. The number of carboxylic acid groups (broad SMARTS) is 2. The predicted molar refractivity (Wildman–Crippen MR) is 54.8 cm³/mol. The molecule has 4 nitrogen and oxygen atoms in total. The Hall–Kier alpha value is -2.10. The summed E-state index contributed by atoms with van der Waals surface area (Å²) in [7, 11) is 0. The maximum Gasteiger partial charge on any atom is 0.335 e. The zero-order chi connectivity index (χ0) is 11.4. The molecule has 0 bridgehead atoms. The molecule has 0 atom stereocenters. The normalized spacial score (nSPS) is 10.5. The van der Waals surface area contributed by atoms with Crippen LogP contribution in [0.4, 0.5) is 0 Å². The maximum absolute atomic E-state index is 10.8. The van der Waals surface area contributed by atoms with Crippen molar-refractivity contribution in [2.45, 2.75) is 6.92 Å². The van der Waals surface area contributed by atoms with Crippen molar-refractivity contribution in [3.63, 3.8) is 0 Å². The lowest BCUT2D eigenvalue weighted by Crippen LogP contribution is -2.00. The first-order valence-electron chi connectivity index (χ1n) is 4.26. The van der Waals surface area contributed by atoms with Crippen molar-refractivity contribution >= 4 is 18.0 Å². The van der Waals surface area contributed by atoms with Gasteiger partial charge < -0.3 is 10.2 Å². The topological polar surface area (TPSA) is 74.6 Å². The van der Waals surface area contributed by atoms with Crippen LogP contribution in [-0.2, 0) is 4.79 Å². The zero-order valence-corrected chi connectivity index (χ0v) is 8.10. The van der Waals surface area contributed by atoms with E-state index < -0.39 is 11.9 Å². The van der Waals surface area contributed by atoms with Gasteiger partial charge in [0.15, 0.2) is 0 Å². The Morgan fingerprint density at radius 2 is 1.93 bits per heavy atom. The van der Waals surface area contributed by atoms with Gasteiger partial charge in [-0.3, -0.25) is 0 Å². The lowest BCUT2D eigenvalue weighted by Gasteiger charge is -2.03. The lowest BCUT2D eigenvalue weighted by molar-refractivity contribution is -0.131. The van der Waals surface area contributed by atoms with Crippen LogP contribution in [0.2, 0.25) is 0 Å². The quantitative estimate of drug-likeness (QED) is 0.739. The maximum atomic E-state index is 10.8. The molecule has 4 heteroatoms. The van der Waals surface area contributed by atoms with Gasteiger partial charge in [-0.1, -0.05) is 12.1 Å². The van der Waals surface area contributed by atoms with Gasteiger partial charge in [0.2, 0.25) is 0 Å². The van der Waals surface area contributed by atoms with Gasteiger partial charge >= 0.3 is 11.9 Å². The number of rotatable bonds is 3. The molecule has 0 spiro atoms. The third-order valence-electron chi connectivity index (χ3n) is 2.01. The van der Waals surface area contributed by atoms with E-state index in [9.17, 15) is 9.59 Å². The number of carbonyl (C=O) groups is 2. The van der Waals surface area contributed by atoms with Crippen LogP contribution < -0.4 is 0 Å². The molecule has 0 aromatic heterocycles. The molecule has 0 fully saturated rings. The largest absolute Gasteiger partial charge is 0.478 e. The average molecular weight is 206 g/mol. The summed E-state index contributed by atoms with van der Waals surface area (Å²) in [6.45, 7) is 1.64. The monoisotopic (exact) mass is 206 g/mol. The van der Waals surface area contributed by atoms with Crippen LogP contribution in [0.5, 0.6) is 0 Å². The fourth-order valence-corrected chi connectivity index (χ4v) is 1.23. The average Bonchev–Trinajstić information content (AvgIpc) is 2.15. The molecule has 1 aromatic rings. The van der Waals surface area contributed by atoms with E-state index in [1.165, 1.54) is 12.1 Å². The highest BCUT2D eigenvalue weighted by molar-refractivity contribution is 5.91. The summed E-state index contributed by atoms with van der Waals surface area (Å²) >= 11 is 0. The van der Waals surface area contributed by atoms with Crippen LogP contribution >= 0.6 is 0 Å². The van der Waals surface area contributed by atoms with Gasteiger partial charge in [0.05, 0.1) is 5.56 Å². The summed E-state index contributed by atoms with van der Waals surface area (Å²) in [4.78, 5) is 21.1. The number of aromatic carboxylic acids is 1. The van der Waals surface area contributed by atoms with Crippen molar-refractivity contribution in [3.05, 3.63) is 41.0 Å². The van der Waals surface area contributed by atoms with Crippen LogP contribution in [-0.4, -0.2) is 22.2 Å². The number of carboxylic acids is 2. The molecule has 1 aromatic carbocycles. The fraction of sp³-hybridized carbons (Fsp3) is 0.0909. The molecule has 0 amide bonds. The van der Waals surface area contributed by atoms with Crippen LogP contribution in [0.15, 0.2) is 24.3 Å². The molecule has 78 valence electrons. The number of benzene rings is 1. The molecule has 1 rings (SSSR count). The smallest absolute Gasteiger partial charge is 0.335 e. The first-order chi connectivity index (χ1) is 7.02. The Morgan fingerprint density at radius 3 is 2.47 bits per heavy atom. The minimum atomic E-state index is -1.06. The Balaban J connectivity index is 3.15. The SMILES string of the molecule is Cc1c(/C=C/C(=O)O)cccc1C(=O)O. The van der Waals surface area contributed by atoms with E-state index in [1.54, 1.807) is 19.1 Å². The molecule has 15 heavy (non-hydrogen) atoms. The molecule has 0 saturated heterocycles. The molecular formula is C11H10O4. The summed E-state index contributed by atoms with van der Waals surface area (Å²) in [5.74, 6) is -2.08. The van der Waals surface area contributed by atoms with E-state index in [-0.39, 0.29) is 5.56 Å². The summed E-state index contributed by atoms with van der Waals surface area (Å²) in [6, 6.07) is 4.73. The molecule has 0 heterocycles. The van der Waals surface area contributed by atoms with E-state index in [0.717, 1.165) is 6.08 Å². The third-order valence-corrected chi connectivity index (χ3v) is 2.01. The standard InChI is InChI=1S/C11H10O4/c1-7-8(5-6-10(12)13)3-2-4-9(7)11(14)15/h2-6H,1H3,(H,12,13)(H,14,15)/b6-5+. The third kappa shape index (κ3) is 2.67. The molecule has 2 N–H and O–H groups in total. The van der Waals surface area contributed by atoms with Gasteiger partial charge in [-0.2, -0.15) is 0 Å². The van der Waals surface area contributed by atoms with Gasteiger partial charge in [0, 0.05) is 6.08 Å². The fourth-order valence-electron chi connectivity index (χ4n) is 1.23. The van der Waals surface area contributed by atoms with E-state index in [1.807, 2.05) is 0 Å². The first-order valence-corrected chi connectivity index (χ1v) is 4.26. The molecule has 0 aliphatic rings. The Kier molecular flexibility index (Phi) is 3.23. The van der Waals surface area contributed by atoms with Gasteiger partial charge in [-0.25, -0.2) is 9.59 Å². The molecule has 0 saturated carbocycles. The van der Waals surface area contributed by atoms with Gasteiger partial charge in [0.1, 0.15) is 0 Å². The van der Waals surface area contributed by atoms with Crippen molar-refractivity contribution < 1.29 is 19.8 Å². The highest BCUT2D eigenvalue weighted by atomic mass is 16.4. The van der Waals surface area contributed by atoms with Crippen molar-refractivity contribution in [3.8, 4) is 0 Å². The predicted octanol–water partition coefficient (Wildman–Crippen LogP) is 1.79. The van der Waals surface area contributed by atoms with Gasteiger partial charge in [-0.05, 0) is 30.2 Å². The number of aliphatic carboxylic acids is 1. The number of hydrogen-bond donors (Lipinski definition) is 2. The minimum absolute atomic E-state index is 0.183. The van der Waals surface area contributed by atoms with Crippen molar-refractivity contribution in [2.75, 3.05) is 0 Å². The van der Waals surface area contributed by atoms with Crippen molar-refractivity contribution in [1.29, 1.82) is 0 Å². The second-order valence-electron chi connectivity index (χ2n) is 3.00. The second-order valence-corrected chi connectivity index (χ2v) is 3.00. The second kappa shape index (κ2) is 4.41. The Morgan fingerprint density at radius 1 is 1.27 bits per heavy atom. The Labute approximate surface area is 86.5 Å². The first kappa shape index (κ1) is 11.0. The van der Waals surface area contributed by atoms with Gasteiger partial charge in [0.25, 0.3) is 0 Å². The molecule has 0 unspecified atom stereocenters. The van der Waals surface area contributed by atoms with Crippen LogP contribution in [0.1, 0.15) is 21.5 Å². The van der Waals surface area contributed by atoms with Gasteiger partial charge in [-0.15, -0.1) is 0 Å². The summed E-state index contributed by atoms with van der Waals surface area (Å²) < 4.78 is 0. The summed E-state index contributed by atoms with van der Waals surface area (Å²) in [5.41, 5.74) is 1.34. The van der Waals surface area contributed by atoms with Crippen LogP contribution in [0.25, 0.3) is 6.08 Å². The van der Waals surface area contributed by atoms with E-state index in [0.29, 0.717) is 11.1 Å². The van der Waals surface area contributed by atoms with E-state index in [2.05, 4.69) is 0 Å². The van der Waals surface area contributed by atoms with Crippen LogP contribution in [0, 0.1) is 6.92 Å². The lowest BCUT2D eigenvalue weighted by atomic mass is 10.0. The number of hydrogen-bond acceptors (Lipinski definition) is 2. The van der Waals surface area contributed by atoms with Crippen LogP contribution in [0.3, 0.4) is 0 Å². The Bertz CT molecular complexity index is 432. The van der Waals surface area contributed by atoms with Crippen molar-refractivity contribution in [2.24, 2.45) is 0 Å². The minimum Gasteiger partial charge on any atom is -0.478 e. The summed E-state index contributed by atoms with van der Waals surface area (Å²) in [5, 5.41) is 17.3. The van der Waals surface area contributed by atoms with Crippen molar-refractivity contribution in [1.82, 2.24) is 0 Å². The molecule has 0 radical (unpaired) electrons. The van der Waals surface area contributed by atoms with E-state index in [4.69, 9.17) is 10.2 Å². The highest BCUT2D eigenvalue weighted by Crippen LogP contribution is 2.15. The summed E-state index contributed by atoms with van der Waals surface area (Å²) in [6.07, 6.45) is 2.36. The van der Waals surface area contributed by atoms with E-state index >= 15 is 0 Å². The zero-order valence-electron chi connectivity index (χ0n) is 8.10. The molecule has 0 aliphatic carbocycles. The highest BCUT2D eigenvalue weighted by Gasteiger charge is 2.08. The molecular weight excluding hydrogens is 196 g/mol.